The van der Waals surface area contributed by atoms with E-state index in [-0.39, 0.29) is 21.9 Å². The number of rotatable bonds is 3. The number of benzene rings is 2. The molecule has 2 aromatic carbocycles. The molecule has 0 saturated carbocycles. The van der Waals surface area contributed by atoms with E-state index in [1.807, 2.05) is 0 Å². The molecule has 0 fully saturated rings. The maximum atomic E-state index is 13.9. The zero-order valence-corrected chi connectivity index (χ0v) is 12.6. The molecule has 1 unspecified atom stereocenters. The fourth-order valence-corrected chi connectivity index (χ4v) is 2.75. The maximum Gasteiger partial charge on any atom is 0.134 e. The van der Waals surface area contributed by atoms with Gasteiger partial charge in [0.25, 0.3) is 0 Å². The Morgan fingerprint density at radius 1 is 1.05 bits per heavy atom. The van der Waals surface area contributed by atoms with E-state index in [0.29, 0.717) is 0 Å². The van der Waals surface area contributed by atoms with Crippen molar-refractivity contribution < 1.29 is 17.9 Å². The summed E-state index contributed by atoms with van der Waals surface area (Å²) in [7, 11) is 1.30. The van der Waals surface area contributed by atoms with Crippen LogP contribution in [0.3, 0.4) is 0 Å². The van der Waals surface area contributed by atoms with Crippen molar-refractivity contribution >= 4 is 27.5 Å². The summed E-state index contributed by atoms with van der Waals surface area (Å²) in [6.07, 6.45) is 0. The predicted octanol–water partition coefficient (Wildman–Crippen LogP) is 5.25. The molecule has 2 aromatic rings. The number of hydrogen-bond acceptors (Lipinski definition) is 1. The van der Waals surface area contributed by atoms with Gasteiger partial charge in [0.2, 0.25) is 0 Å². The van der Waals surface area contributed by atoms with E-state index in [0.717, 1.165) is 18.2 Å². The van der Waals surface area contributed by atoms with Gasteiger partial charge in [-0.15, -0.1) is 0 Å². The second kappa shape index (κ2) is 6.06. The molecule has 0 spiro atoms. The van der Waals surface area contributed by atoms with Gasteiger partial charge >= 0.3 is 0 Å². The highest BCUT2D eigenvalue weighted by molar-refractivity contribution is 9.09. The van der Waals surface area contributed by atoms with Crippen LogP contribution in [-0.4, -0.2) is 7.11 Å². The molecule has 0 bridgehead atoms. The molecule has 0 aromatic heterocycles. The third-order valence-electron chi connectivity index (χ3n) is 2.78. The van der Waals surface area contributed by atoms with Crippen LogP contribution in [0.25, 0.3) is 0 Å². The Labute approximate surface area is 127 Å². The van der Waals surface area contributed by atoms with Crippen molar-refractivity contribution in [3.05, 3.63) is 63.9 Å². The van der Waals surface area contributed by atoms with E-state index >= 15 is 0 Å². The lowest BCUT2D eigenvalue weighted by molar-refractivity contribution is 0.405. The van der Waals surface area contributed by atoms with Gasteiger partial charge in [0.05, 0.1) is 11.9 Å². The van der Waals surface area contributed by atoms with Gasteiger partial charge in [0, 0.05) is 28.3 Å². The Hall–Kier alpha value is -1.20. The first-order valence-electron chi connectivity index (χ1n) is 5.56. The average Bonchev–Trinajstić information content (AvgIpc) is 2.37. The van der Waals surface area contributed by atoms with Gasteiger partial charge in [-0.3, -0.25) is 0 Å². The Balaban J connectivity index is 2.50. The van der Waals surface area contributed by atoms with Crippen LogP contribution >= 0.6 is 27.5 Å². The lowest BCUT2D eigenvalue weighted by Crippen LogP contribution is -2.03. The smallest absolute Gasteiger partial charge is 0.134 e. The quantitative estimate of drug-likeness (QED) is 0.675. The van der Waals surface area contributed by atoms with Crippen LogP contribution in [0.4, 0.5) is 13.2 Å². The molecule has 106 valence electrons. The van der Waals surface area contributed by atoms with Gasteiger partial charge in [-0.1, -0.05) is 33.6 Å². The Morgan fingerprint density at radius 2 is 1.65 bits per heavy atom. The molecule has 0 radical (unpaired) electrons. The largest absolute Gasteiger partial charge is 0.497 e. The molecule has 0 heterocycles. The molecule has 0 aliphatic carbocycles. The van der Waals surface area contributed by atoms with E-state index in [9.17, 15) is 13.2 Å². The van der Waals surface area contributed by atoms with Gasteiger partial charge in [-0.25, -0.2) is 13.2 Å². The Bertz CT molecular complexity index is 625. The first-order valence-corrected chi connectivity index (χ1v) is 6.85. The minimum atomic E-state index is -0.967. The van der Waals surface area contributed by atoms with E-state index in [1.54, 1.807) is 0 Å². The molecule has 2 rings (SSSR count). The second-order valence-corrected chi connectivity index (χ2v) is 5.39. The van der Waals surface area contributed by atoms with Crippen molar-refractivity contribution in [1.82, 2.24) is 0 Å². The molecular formula is C14H9BrClF3O. The molecule has 0 amide bonds. The van der Waals surface area contributed by atoms with E-state index < -0.39 is 22.3 Å². The van der Waals surface area contributed by atoms with Crippen molar-refractivity contribution in [3.63, 3.8) is 0 Å². The Morgan fingerprint density at radius 3 is 2.15 bits per heavy atom. The SMILES string of the molecule is COc1cc(F)c(C(Br)c2ccc(Cl)cc2F)c(F)c1. The van der Waals surface area contributed by atoms with Gasteiger partial charge in [-0.2, -0.15) is 0 Å². The monoisotopic (exact) mass is 364 g/mol. The number of halogens is 5. The summed E-state index contributed by atoms with van der Waals surface area (Å²) in [6, 6.07) is 6.00. The third-order valence-corrected chi connectivity index (χ3v) is 3.96. The number of ether oxygens (including phenoxy) is 1. The summed E-state index contributed by atoms with van der Waals surface area (Å²) in [5, 5.41) is 0.210. The minimum Gasteiger partial charge on any atom is -0.497 e. The lowest BCUT2D eigenvalue weighted by atomic mass is 10.0. The fraction of sp³-hybridized carbons (Fsp3) is 0.143. The van der Waals surface area contributed by atoms with Crippen LogP contribution in [0.1, 0.15) is 16.0 Å². The van der Waals surface area contributed by atoms with Crippen LogP contribution in [-0.2, 0) is 0 Å². The van der Waals surface area contributed by atoms with Crippen molar-refractivity contribution in [2.45, 2.75) is 4.83 Å². The van der Waals surface area contributed by atoms with Gasteiger partial charge in [-0.05, 0) is 12.1 Å². The maximum absolute atomic E-state index is 13.9. The summed E-state index contributed by atoms with van der Waals surface area (Å²) < 4.78 is 46.5. The first kappa shape index (κ1) is 15.2. The molecule has 0 aliphatic heterocycles. The summed E-state index contributed by atoms with van der Waals surface area (Å²) in [5.74, 6) is -2.23. The van der Waals surface area contributed by atoms with Gasteiger partial charge in [0.1, 0.15) is 23.2 Å². The molecule has 20 heavy (non-hydrogen) atoms. The highest BCUT2D eigenvalue weighted by Gasteiger charge is 2.23. The van der Waals surface area contributed by atoms with Crippen molar-refractivity contribution in [2.24, 2.45) is 0 Å². The Kier molecular flexibility index (Phi) is 4.60. The summed E-state index contributed by atoms with van der Waals surface area (Å²) in [5.41, 5.74) is -0.190. The molecule has 1 atom stereocenters. The fourth-order valence-electron chi connectivity index (χ4n) is 1.78. The van der Waals surface area contributed by atoms with Crippen molar-refractivity contribution in [3.8, 4) is 5.75 Å². The lowest BCUT2D eigenvalue weighted by Gasteiger charge is -2.14. The summed E-state index contributed by atoms with van der Waals surface area (Å²) in [4.78, 5) is -0.967. The highest BCUT2D eigenvalue weighted by atomic mass is 79.9. The van der Waals surface area contributed by atoms with Crippen LogP contribution in [0.2, 0.25) is 5.02 Å². The molecule has 6 heteroatoms. The highest BCUT2D eigenvalue weighted by Crippen LogP contribution is 2.37. The summed E-state index contributed by atoms with van der Waals surface area (Å²) in [6.45, 7) is 0. The topological polar surface area (TPSA) is 9.23 Å². The number of hydrogen-bond donors (Lipinski definition) is 0. The van der Waals surface area contributed by atoms with Crippen LogP contribution < -0.4 is 4.74 Å². The molecular weight excluding hydrogens is 357 g/mol. The van der Waals surface area contributed by atoms with E-state index in [1.165, 1.54) is 19.2 Å². The molecule has 0 N–H and O–H groups in total. The average molecular weight is 366 g/mol. The van der Waals surface area contributed by atoms with Crippen LogP contribution in [0, 0.1) is 17.5 Å². The normalized spacial score (nSPS) is 12.3. The molecule has 1 nitrogen and oxygen atoms in total. The van der Waals surface area contributed by atoms with Crippen LogP contribution in [0.5, 0.6) is 5.75 Å². The third kappa shape index (κ3) is 2.94. The predicted molar refractivity (Wildman–Crippen MR) is 75.1 cm³/mol. The number of methoxy groups -OCH3 is 1. The zero-order valence-electron chi connectivity index (χ0n) is 10.3. The van der Waals surface area contributed by atoms with Crippen molar-refractivity contribution in [1.29, 1.82) is 0 Å². The summed E-state index contributed by atoms with van der Waals surface area (Å²) >= 11 is 8.76. The molecule has 0 saturated heterocycles. The van der Waals surface area contributed by atoms with Gasteiger partial charge in [0.15, 0.2) is 0 Å². The van der Waals surface area contributed by atoms with Crippen molar-refractivity contribution in [2.75, 3.05) is 7.11 Å². The second-order valence-electron chi connectivity index (χ2n) is 4.03. The van der Waals surface area contributed by atoms with E-state index in [4.69, 9.17) is 16.3 Å². The van der Waals surface area contributed by atoms with E-state index in [2.05, 4.69) is 15.9 Å². The van der Waals surface area contributed by atoms with Crippen LogP contribution in [0.15, 0.2) is 30.3 Å². The minimum absolute atomic E-state index is 0.0556. The zero-order chi connectivity index (χ0) is 14.9. The van der Waals surface area contributed by atoms with Gasteiger partial charge < -0.3 is 4.74 Å². The molecule has 0 aliphatic rings. The standard InChI is InChI=1S/C14H9BrClF3O/c1-20-8-5-11(18)13(12(19)6-8)14(15)9-3-2-7(16)4-10(9)17/h2-6,14H,1H3. The number of alkyl halides is 1. The first-order chi connectivity index (χ1) is 9.43.